The Kier molecular flexibility index (Phi) is 5.62. The molecule has 1 atom stereocenters. The molecule has 0 aromatic heterocycles. The first-order valence-electron chi connectivity index (χ1n) is 5.88. The molecule has 0 aliphatic rings. The zero-order chi connectivity index (χ0) is 13.6. The molecule has 0 aliphatic carbocycles. The summed E-state index contributed by atoms with van der Waals surface area (Å²) in [4.78, 5) is 0. The number of aliphatic hydroxyl groups excluding tert-OH is 1. The lowest BCUT2D eigenvalue weighted by molar-refractivity contribution is -0.137. The van der Waals surface area contributed by atoms with Gasteiger partial charge < -0.3 is 9.84 Å². The maximum Gasteiger partial charge on any atom is 0.416 e. The number of rotatable bonds is 6. The minimum absolute atomic E-state index is 0.268. The Morgan fingerprint density at radius 2 is 2.00 bits per heavy atom. The van der Waals surface area contributed by atoms with E-state index in [1.165, 1.54) is 12.1 Å². The highest BCUT2D eigenvalue weighted by molar-refractivity contribution is 5.27. The molecule has 102 valence electrons. The molecule has 0 fully saturated rings. The predicted molar refractivity (Wildman–Crippen MR) is 62.1 cm³/mol. The van der Waals surface area contributed by atoms with Gasteiger partial charge in [-0.1, -0.05) is 19.1 Å². The van der Waals surface area contributed by atoms with E-state index in [1.54, 1.807) is 0 Å². The van der Waals surface area contributed by atoms with Gasteiger partial charge in [0.15, 0.2) is 0 Å². The van der Waals surface area contributed by atoms with E-state index in [4.69, 9.17) is 4.74 Å². The highest BCUT2D eigenvalue weighted by Crippen LogP contribution is 2.31. The summed E-state index contributed by atoms with van der Waals surface area (Å²) in [6, 6.07) is 4.75. The Bertz CT molecular complexity index is 363. The van der Waals surface area contributed by atoms with Crippen molar-refractivity contribution >= 4 is 0 Å². The number of alkyl halides is 3. The zero-order valence-electron chi connectivity index (χ0n) is 10.2. The number of hydrogen-bond donors (Lipinski definition) is 1. The Labute approximate surface area is 104 Å². The van der Waals surface area contributed by atoms with Gasteiger partial charge in [0, 0.05) is 19.6 Å². The molecule has 0 amide bonds. The van der Waals surface area contributed by atoms with Crippen LogP contribution < -0.4 is 0 Å². The molecule has 2 nitrogen and oxygen atoms in total. The Morgan fingerprint density at radius 3 is 2.61 bits per heavy atom. The lowest BCUT2D eigenvalue weighted by Crippen LogP contribution is -2.08. The van der Waals surface area contributed by atoms with E-state index in [-0.39, 0.29) is 5.56 Å². The van der Waals surface area contributed by atoms with Crippen molar-refractivity contribution in [2.45, 2.75) is 32.0 Å². The largest absolute Gasteiger partial charge is 0.416 e. The summed E-state index contributed by atoms with van der Waals surface area (Å²) in [7, 11) is 0. The van der Waals surface area contributed by atoms with Gasteiger partial charge >= 0.3 is 6.18 Å². The van der Waals surface area contributed by atoms with E-state index in [1.807, 2.05) is 6.92 Å². The fourth-order valence-electron chi connectivity index (χ4n) is 1.53. The van der Waals surface area contributed by atoms with Crippen LogP contribution >= 0.6 is 0 Å². The maximum absolute atomic E-state index is 12.5. The fourth-order valence-corrected chi connectivity index (χ4v) is 1.53. The average Bonchev–Trinajstić information content (AvgIpc) is 2.33. The second kappa shape index (κ2) is 6.75. The molecule has 1 N–H and O–H groups in total. The van der Waals surface area contributed by atoms with Gasteiger partial charge in [-0.25, -0.2) is 0 Å². The molecule has 1 rings (SSSR count). The van der Waals surface area contributed by atoms with Crippen LogP contribution in [0.4, 0.5) is 13.2 Å². The third-order valence-electron chi connectivity index (χ3n) is 2.48. The summed E-state index contributed by atoms with van der Waals surface area (Å²) in [6.07, 6.45) is -4.14. The van der Waals surface area contributed by atoms with Crippen LogP contribution in [0.2, 0.25) is 0 Å². The van der Waals surface area contributed by atoms with E-state index in [0.29, 0.717) is 19.6 Å². The van der Waals surface area contributed by atoms with Crippen molar-refractivity contribution in [2.75, 3.05) is 13.2 Å². The number of aliphatic hydroxyl groups is 1. The molecule has 1 unspecified atom stereocenters. The Balaban J connectivity index is 2.60. The van der Waals surface area contributed by atoms with Crippen LogP contribution in [0.15, 0.2) is 24.3 Å². The van der Waals surface area contributed by atoms with Crippen molar-refractivity contribution in [3.63, 3.8) is 0 Å². The molecule has 0 saturated heterocycles. The first-order valence-corrected chi connectivity index (χ1v) is 5.88. The molecular weight excluding hydrogens is 245 g/mol. The lowest BCUT2D eigenvalue weighted by Gasteiger charge is -2.13. The van der Waals surface area contributed by atoms with Crippen molar-refractivity contribution in [2.24, 2.45) is 0 Å². The minimum Gasteiger partial charge on any atom is -0.388 e. The van der Waals surface area contributed by atoms with Crippen molar-refractivity contribution in [1.29, 1.82) is 0 Å². The number of hydrogen-bond acceptors (Lipinski definition) is 2. The summed E-state index contributed by atoms with van der Waals surface area (Å²) >= 11 is 0. The van der Waals surface area contributed by atoms with Crippen LogP contribution in [0, 0.1) is 0 Å². The molecule has 0 spiro atoms. The SMILES string of the molecule is CCCOCCC(O)c1cccc(C(F)(F)F)c1. The van der Waals surface area contributed by atoms with Gasteiger partial charge in [0.2, 0.25) is 0 Å². The maximum atomic E-state index is 12.5. The molecule has 1 aromatic rings. The third-order valence-corrected chi connectivity index (χ3v) is 2.48. The van der Waals surface area contributed by atoms with E-state index < -0.39 is 17.8 Å². The molecule has 0 radical (unpaired) electrons. The topological polar surface area (TPSA) is 29.5 Å². The predicted octanol–water partition coefficient (Wildman–Crippen LogP) is 3.56. The van der Waals surface area contributed by atoms with E-state index in [0.717, 1.165) is 18.6 Å². The summed E-state index contributed by atoms with van der Waals surface area (Å²) < 4.78 is 42.6. The first kappa shape index (κ1) is 15.0. The average molecular weight is 262 g/mol. The number of halogens is 3. The quantitative estimate of drug-likeness (QED) is 0.794. The zero-order valence-corrected chi connectivity index (χ0v) is 10.2. The summed E-state index contributed by atoms with van der Waals surface area (Å²) in [5.41, 5.74) is -0.474. The van der Waals surface area contributed by atoms with Gasteiger partial charge in [0.25, 0.3) is 0 Å². The van der Waals surface area contributed by atoms with Crippen LogP contribution in [0.5, 0.6) is 0 Å². The second-order valence-corrected chi connectivity index (χ2v) is 4.04. The molecular formula is C13H17F3O2. The van der Waals surface area contributed by atoms with Gasteiger partial charge in [0.1, 0.15) is 0 Å². The van der Waals surface area contributed by atoms with E-state index in [9.17, 15) is 18.3 Å². The molecule has 0 bridgehead atoms. The Morgan fingerprint density at radius 1 is 1.28 bits per heavy atom. The standard InChI is InChI=1S/C13H17F3O2/c1-2-7-18-8-6-12(17)10-4-3-5-11(9-10)13(14,15)16/h3-5,9,12,17H,2,6-8H2,1H3. The van der Waals surface area contributed by atoms with Crippen molar-refractivity contribution < 1.29 is 23.0 Å². The summed E-state index contributed by atoms with van der Waals surface area (Å²) in [6.45, 7) is 2.89. The van der Waals surface area contributed by atoms with Gasteiger partial charge in [-0.05, 0) is 24.1 Å². The van der Waals surface area contributed by atoms with Crippen LogP contribution in [-0.2, 0) is 10.9 Å². The Hall–Kier alpha value is -1.07. The van der Waals surface area contributed by atoms with Gasteiger partial charge in [0.05, 0.1) is 11.7 Å². The van der Waals surface area contributed by atoms with Crippen molar-refractivity contribution in [3.05, 3.63) is 35.4 Å². The van der Waals surface area contributed by atoms with Gasteiger partial charge in [-0.2, -0.15) is 13.2 Å². The molecule has 0 heterocycles. The molecule has 1 aromatic carbocycles. The highest BCUT2D eigenvalue weighted by atomic mass is 19.4. The van der Waals surface area contributed by atoms with Crippen LogP contribution in [0.3, 0.4) is 0 Å². The third kappa shape index (κ3) is 4.66. The monoisotopic (exact) mass is 262 g/mol. The lowest BCUT2D eigenvalue weighted by atomic mass is 10.0. The number of benzene rings is 1. The van der Waals surface area contributed by atoms with Crippen molar-refractivity contribution in [3.8, 4) is 0 Å². The van der Waals surface area contributed by atoms with E-state index in [2.05, 4.69) is 0 Å². The van der Waals surface area contributed by atoms with Crippen LogP contribution in [-0.4, -0.2) is 18.3 Å². The highest BCUT2D eigenvalue weighted by Gasteiger charge is 2.30. The smallest absolute Gasteiger partial charge is 0.388 e. The van der Waals surface area contributed by atoms with E-state index >= 15 is 0 Å². The fraction of sp³-hybridized carbons (Fsp3) is 0.538. The van der Waals surface area contributed by atoms with Crippen molar-refractivity contribution in [1.82, 2.24) is 0 Å². The summed E-state index contributed by atoms with van der Waals surface area (Å²) in [5, 5.41) is 9.76. The molecule has 0 aliphatic heterocycles. The first-order chi connectivity index (χ1) is 8.45. The summed E-state index contributed by atoms with van der Waals surface area (Å²) in [5.74, 6) is 0. The second-order valence-electron chi connectivity index (χ2n) is 4.04. The normalized spacial score (nSPS) is 13.6. The van der Waals surface area contributed by atoms with Crippen LogP contribution in [0.1, 0.15) is 37.0 Å². The van der Waals surface area contributed by atoms with Gasteiger partial charge in [-0.3, -0.25) is 0 Å². The molecule has 5 heteroatoms. The molecule has 18 heavy (non-hydrogen) atoms. The van der Waals surface area contributed by atoms with Crippen LogP contribution in [0.25, 0.3) is 0 Å². The minimum atomic E-state index is -4.38. The molecule has 0 saturated carbocycles. The number of ether oxygens (including phenoxy) is 1. The van der Waals surface area contributed by atoms with Gasteiger partial charge in [-0.15, -0.1) is 0 Å².